The second kappa shape index (κ2) is 11.2. The van der Waals surface area contributed by atoms with E-state index in [1.807, 2.05) is 37.3 Å². The highest BCUT2D eigenvalue weighted by atomic mass is 32.2. The molecule has 33 heavy (non-hydrogen) atoms. The largest absolute Gasteiger partial charge is 0.492 e. The number of thioether (sulfide) groups is 1. The Balaban J connectivity index is 1.49. The summed E-state index contributed by atoms with van der Waals surface area (Å²) in [5.74, 6) is 1.26. The van der Waals surface area contributed by atoms with E-state index in [1.54, 1.807) is 41.2 Å². The maximum absolute atomic E-state index is 13.3. The zero-order valence-corrected chi connectivity index (χ0v) is 19.9. The number of benzene rings is 2. The molecule has 0 unspecified atom stereocenters. The molecule has 0 saturated carbocycles. The highest BCUT2D eigenvalue weighted by Crippen LogP contribution is 2.35. The number of rotatable bonds is 10. The lowest BCUT2D eigenvalue weighted by atomic mass is 10.2. The van der Waals surface area contributed by atoms with Crippen LogP contribution in [0.5, 0.6) is 5.75 Å². The SMILES string of the molecule is CCOc1cccc2sc(N(Cc3cccnc3)C(=O)CCCSc3ccc(F)cc3)nc12. The number of ether oxygens (including phenoxy) is 1. The lowest BCUT2D eigenvalue weighted by Gasteiger charge is -2.20. The van der Waals surface area contributed by atoms with Gasteiger partial charge in [0, 0.05) is 23.7 Å². The van der Waals surface area contributed by atoms with E-state index in [9.17, 15) is 9.18 Å². The standard InChI is InChI=1S/C25H24FN3O2S2/c1-2-31-21-7-3-8-22-24(21)28-25(33-22)29(17-18-6-4-14-27-16-18)23(30)9-5-15-32-20-12-10-19(26)11-13-20/h3-4,6-8,10-14,16H,2,5,9,15,17H2,1H3. The molecule has 0 aliphatic heterocycles. The minimum Gasteiger partial charge on any atom is -0.492 e. The molecule has 5 nitrogen and oxygen atoms in total. The van der Waals surface area contributed by atoms with Gasteiger partial charge in [-0.25, -0.2) is 9.37 Å². The van der Waals surface area contributed by atoms with E-state index in [0.717, 1.165) is 32.2 Å². The monoisotopic (exact) mass is 481 g/mol. The van der Waals surface area contributed by atoms with E-state index < -0.39 is 0 Å². The van der Waals surface area contributed by atoms with Gasteiger partial charge in [-0.15, -0.1) is 11.8 Å². The summed E-state index contributed by atoms with van der Waals surface area (Å²) in [7, 11) is 0. The topological polar surface area (TPSA) is 55.3 Å². The number of carbonyl (C=O) groups is 1. The van der Waals surface area contributed by atoms with Gasteiger partial charge >= 0.3 is 0 Å². The van der Waals surface area contributed by atoms with Crippen LogP contribution in [0.25, 0.3) is 10.2 Å². The first-order valence-electron chi connectivity index (χ1n) is 10.7. The second-order valence-electron chi connectivity index (χ2n) is 7.28. The third-order valence-electron chi connectivity index (χ3n) is 4.88. The zero-order chi connectivity index (χ0) is 23.0. The summed E-state index contributed by atoms with van der Waals surface area (Å²) >= 11 is 3.10. The third-order valence-corrected chi connectivity index (χ3v) is 7.03. The van der Waals surface area contributed by atoms with E-state index in [2.05, 4.69) is 4.98 Å². The van der Waals surface area contributed by atoms with Crippen molar-refractivity contribution >= 4 is 44.4 Å². The fraction of sp³-hybridized carbons (Fsp3) is 0.240. The molecular weight excluding hydrogens is 457 g/mol. The molecule has 2 aromatic heterocycles. The van der Waals surface area contributed by atoms with Gasteiger partial charge in [0.15, 0.2) is 5.13 Å². The molecule has 1 amide bonds. The van der Waals surface area contributed by atoms with Crippen molar-refractivity contribution < 1.29 is 13.9 Å². The average molecular weight is 482 g/mol. The summed E-state index contributed by atoms with van der Waals surface area (Å²) in [6.07, 6.45) is 4.58. The molecule has 8 heteroatoms. The van der Waals surface area contributed by atoms with Gasteiger partial charge in [-0.05, 0) is 67.1 Å². The van der Waals surface area contributed by atoms with E-state index in [1.165, 1.54) is 23.5 Å². The van der Waals surface area contributed by atoms with Crippen molar-refractivity contribution in [3.8, 4) is 5.75 Å². The number of hydrogen-bond acceptors (Lipinski definition) is 6. The van der Waals surface area contributed by atoms with Crippen LogP contribution in [0.2, 0.25) is 0 Å². The number of fused-ring (bicyclic) bond motifs is 1. The molecule has 0 fully saturated rings. The normalized spacial score (nSPS) is 11.0. The molecule has 4 aromatic rings. The maximum atomic E-state index is 13.3. The molecule has 2 heterocycles. The Hall–Kier alpha value is -2.97. The Morgan fingerprint density at radius 2 is 2.00 bits per heavy atom. The van der Waals surface area contributed by atoms with Crippen LogP contribution in [0.15, 0.2) is 71.9 Å². The summed E-state index contributed by atoms with van der Waals surface area (Å²) in [5, 5.41) is 0.650. The zero-order valence-electron chi connectivity index (χ0n) is 18.2. The molecule has 0 radical (unpaired) electrons. The van der Waals surface area contributed by atoms with E-state index in [-0.39, 0.29) is 11.7 Å². The average Bonchev–Trinajstić information content (AvgIpc) is 3.27. The minimum absolute atomic E-state index is 0.00979. The first-order valence-corrected chi connectivity index (χ1v) is 12.5. The molecule has 0 spiro atoms. The molecule has 4 rings (SSSR count). The number of amides is 1. The summed E-state index contributed by atoms with van der Waals surface area (Å²) in [6.45, 7) is 2.89. The Bertz CT molecular complexity index is 1200. The summed E-state index contributed by atoms with van der Waals surface area (Å²) in [4.78, 5) is 25.0. The Labute approximate surface area is 200 Å². The number of halogens is 1. The smallest absolute Gasteiger partial charge is 0.229 e. The van der Waals surface area contributed by atoms with Gasteiger partial charge in [0.1, 0.15) is 17.1 Å². The number of para-hydroxylation sites is 1. The van der Waals surface area contributed by atoms with Gasteiger partial charge in [0.25, 0.3) is 0 Å². The van der Waals surface area contributed by atoms with Crippen LogP contribution < -0.4 is 9.64 Å². The lowest BCUT2D eigenvalue weighted by molar-refractivity contribution is -0.118. The molecule has 0 aliphatic carbocycles. The van der Waals surface area contributed by atoms with Crippen LogP contribution >= 0.6 is 23.1 Å². The summed E-state index contributed by atoms with van der Waals surface area (Å²) < 4.78 is 19.8. The van der Waals surface area contributed by atoms with Gasteiger partial charge < -0.3 is 4.74 Å². The van der Waals surface area contributed by atoms with Gasteiger partial charge in [-0.1, -0.05) is 23.5 Å². The summed E-state index contributed by atoms with van der Waals surface area (Å²) in [5.41, 5.74) is 1.71. The molecule has 2 aromatic carbocycles. The molecule has 0 aliphatic rings. The fourth-order valence-corrected chi connectivity index (χ4v) is 5.17. The van der Waals surface area contributed by atoms with Crippen LogP contribution in [-0.2, 0) is 11.3 Å². The maximum Gasteiger partial charge on any atom is 0.229 e. The van der Waals surface area contributed by atoms with E-state index >= 15 is 0 Å². The third kappa shape index (κ3) is 6.09. The predicted molar refractivity (Wildman–Crippen MR) is 133 cm³/mol. The van der Waals surface area contributed by atoms with Crippen LogP contribution in [-0.4, -0.2) is 28.2 Å². The van der Waals surface area contributed by atoms with Gasteiger partial charge in [-0.3, -0.25) is 14.7 Å². The van der Waals surface area contributed by atoms with Crippen molar-refractivity contribution in [3.05, 3.63) is 78.4 Å². The van der Waals surface area contributed by atoms with Crippen molar-refractivity contribution in [1.29, 1.82) is 0 Å². The molecule has 0 N–H and O–H groups in total. The number of carbonyl (C=O) groups excluding carboxylic acids is 1. The summed E-state index contributed by atoms with van der Waals surface area (Å²) in [6, 6.07) is 16.1. The second-order valence-corrected chi connectivity index (χ2v) is 9.46. The molecule has 170 valence electrons. The highest BCUT2D eigenvalue weighted by Gasteiger charge is 2.21. The van der Waals surface area contributed by atoms with E-state index in [0.29, 0.717) is 31.1 Å². The van der Waals surface area contributed by atoms with Gasteiger partial charge in [0.2, 0.25) is 5.91 Å². The Kier molecular flexibility index (Phi) is 7.91. The lowest BCUT2D eigenvalue weighted by Crippen LogP contribution is -2.30. The fourth-order valence-electron chi connectivity index (χ4n) is 3.31. The van der Waals surface area contributed by atoms with Crippen molar-refractivity contribution in [2.45, 2.75) is 31.2 Å². The number of hydrogen-bond donors (Lipinski definition) is 0. The molecule has 0 bridgehead atoms. The van der Waals surface area contributed by atoms with Crippen molar-refractivity contribution in [1.82, 2.24) is 9.97 Å². The number of nitrogens with zero attached hydrogens (tertiary/aromatic N) is 3. The van der Waals surface area contributed by atoms with Crippen molar-refractivity contribution in [2.24, 2.45) is 0 Å². The number of anilines is 1. The van der Waals surface area contributed by atoms with Crippen molar-refractivity contribution in [2.75, 3.05) is 17.3 Å². The Morgan fingerprint density at radius 3 is 2.76 bits per heavy atom. The minimum atomic E-state index is -0.246. The number of aromatic nitrogens is 2. The quantitative estimate of drug-likeness (QED) is 0.196. The molecule has 0 atom stereocenters. The van der Waals surface area contributed by atoms with Crippen molar-refractivity contribution in [3.63, 3.8) is 0 Å². The number of thiazole rings is 1. The van der Waals surface area contributed by atoms with E-state index in [4.69, 9.17) is 9.72 Å². The first-order chi connectivity index (χ1) is 16.1. The van der Waals surface area contributed by atoms with Crippen LogP contribution in [0.3, 0.4) is 0 Å². The van der Waals surface area contributed by atoms with Gasteiger partial charge in [0.05, 0.1) is 17.9 Å². The predicted octanol–water partition coefficient (Wildman–Crippen LogP) is 6.33. The number of pyridine rings is 1. The first kappa shape index (κ1) is 23.2. The van der Waals surface area contributed by atoms with Crippen LogP contribution in [0.4, 0.5) is 9.52 Å². The molecular formula is C25H24FN3O2S2. The molecule has 0 saturated heterocycles. The Morgan fingerprint density at radius 1 is 1.15 bits per heavy atom. The highest BCUT2D eigenvalue weighted by molar-refractivity contribution is 7.99. The van der Waals surface area contributed by atoms with Gasteiger partial charge in [-0.2, -0.15) is 0 Å². The van der Waals surface area contributed by atoms with Crippen LogP contribution in [0.1, 0.15) is 25.3 Å². The van der Waals surface area contributed by atoms with Crippen LogP contribution in [0, 0.1) is 5.82 Å².